The molecule has 2 N–H and O–H groups in total. The third-order valence-electron chi connectivity index (χ3n) is 3.84. The summed E-state index contributed by atoms with van der Waals surface area (Å²) >= 11 is 4.63. The lowest BCUT2D eigenvalue weighted by molar-refractivity contribution is -0.136. The van der Waals surface area contributed by atoms with Crippen molar-refractivity contribution in [3.05, 3.63) is 69.3 Å². The fourth-order valence-electron chi connectivity index (χ4n) is 2.57. The molecule has 2 aromatic heterocycles. The van der Waals surface area contributed by atoms with E-state index in [1.54, 1.807) is 46.9 Å². The fraction of sp³-hybridized carbons (Fsp3) is 0.0500. The molecule has 1 amide bonds. The number of amidine groups is 1. The number of nitrogens with zero attached hydrogens (tertiary/aromatic N) is 1. The highest BCUT2D eigenvalue weighted by Gasteiger charge is 2.24. The Hall–Kier alpha value is -2.68. The number of amides is 1. The normalized spacial score (nSPS) is 16.6. The van der Waals surface area contributed by atoms with E-state index in [1.807, 2.05) is 23.6 Å². The van der Waals surface area contributed by atoms with Crippen LogP contribution in [0, 0.1) is 0 Å². The first-order valence-electron chi connectivity index (χ1n) is 8.31. The molecule has 0 radical (unpaired) electrons. The van der Waals surface area contributed by atoms with Crippen LogP contribution < -0.4 is 5.32 Å². The predicted octanol–water partition coefficient (Wildman–Crippen LogP) is 5.00. The maximum Gasteiger partial charge on any atom is 0.307 e. The largest absolute Gasteiger partial charge is 0.481 e. The summed E-state index contributed by atoms with van der Waals surface area (Å²) in [6, 6.07) is 15.1. The van der Waals surface area contributed by atoms with Gasteiger partial charge >= 0.3 is 5.97 Å². The van der Waals surface area contributed by atoms with Crippen molar-refractivity contribution in [3.63, 3.8) is 0 Å². The molecular weight excluding hydrogens is 412 g/mol. The third kappa shape index (κ3) is 4.41. The average Bonchev–Trinajstić information content (AvgIpc) is 3.39. The molecule has 1 aliphatic heterocycles. The lowest BCUT2D eigenvalue weighted by Crippen LogP contribution is -2.19. The van der Waals surface area contributed by atoms with Crippen molar-refractivity contribution in [1.29, 1.82) is 0 Å². The summed E-state index contributed by atoms with van der Waals surface area (Å²) in [7, 11) is 0. The smallest absolute Gasteiger partial charge is 0.307 e. The average molecular weight is 427 g/mol. The van der Waals surface area contributed by atoms with Crippen molar-refractivity contribution >= 4 is 63.2 Å². The molecular formula is C20H14N2O3S3. The van der Waals surface area contributed by atoms with Crippen LogP contribution in [0.15, 0.2) is 63.8 Å². The van der Waals surface area contributed by atoms with E-state index in [-0.39, 0.29) is 12.3 Å². The molecule has 0 aliphatic carbocycles. The second-order valence-electron chi connectivity index (χ2n) is 5.90. The maximum absolute atomic E-state index is 12.3. The first-order chi connectivity index (χ1) is 13.6. The molecule has 28 heavy (non-hydrogen) atoms. The number of aliphatic carboxylic acids is 1. The summed E-state index contributed by atoms with van der Waals surface area (Å²) in [6.45, 7) is 0. The molecule has 0 spiro atoms. The van der Waals surface area contributed by atoms with Gasteiger partial charge in [0.1, 0.15) is 0 Å². The molecule has 3 heterocycles. The van der Waals surface area contributed by atoms with Crippen LogP contribution in [0.5, 0.6) is 0 Å². The fourth-order valence-corrected chi connectivity index (χ4v) is 5.26. The predicted molar refractivity (Wildman–Crippen MR) is 116 cm³/mol. The number of nitrogens with one attached hydrogen (secondary N) is 1. The van der Waals surface area contributed by atoms with Crippen LogP contribution in [0.1, 0.15) is 10.4 Å². The topological polar surface area (TPSA) is 78.8 Å². The van der Waals surface area contributed by atoms with E-state index in [9.17, 15) is 9.59 Å². The second kappa shape index (κ2) is 8.14. The minimum absolute atomic E-state index is 0.0243. The molecule has 0 unspecified atom stereocenters. The summed E-state index contributed by atoms with van der Waals surface area (Å²) in [5.41, 5.74) is 1.37. The molecule has 8 heteroatoms. The molecule has 1 saturated heterocycles. The van der Waals surface area contributed by atoms with Gasteiger partial charge in [0.2, 0.25) is 0 Å². The van der Waals surface area contributed by atoms with Crippen LogP contribution in [0.25, 0.3) is 15.8 Å². The van der Waals surface area contributed by atoms with E-state index >= 15 is 0 Å². The van der Waals surface area contributed by atoms with E-state index in [0.29, 0.717) is 21.3 Å². The highest BCUT2D eigenvalue weighted by Crippen LogP contribution is 2.34. The van der Waals surface area contributed by atoms with Crippen LogP contribution in [-0.4, -0.2) is 22.2 Å². The molecule has 0 saturated carbocycles. The summed E-state index contributed by atoms with van der Waals surface area (Å²) < 4.78 is 0. The van der Waals surface area contributed by atoms with Crippen LogP contribution >= 0.6 is 34.4 Å². The van der Waals surface area contributed by atoms with Gasteiger partial charge in [0.15, 0.2) is 5.17 Å². The Labute approximate surface area is 173 Å². The van der Waals surface area contributed by atoms with Gasteiger partial charge in [0.25, 0.3) is 5.91 Å². The minimum Gasteiger partial charge on any atom is -0.481 e. The van der Waals surface area contributed by atoms with Crippen molar-refractivity contribution in [1.82, 2.24) is 5.32 Å². The number of carboxylic acid groups (broad SMARTS) is 1. The van der Waals surface area contributed by atoms with Gasteiger partial charge in [-0.25, -0.2) is 4.99 Å². The van der Waals surface area contributed by atoms with Crippen molar-refractivity contribution in [3.8, 4) is 9.75 Å². The van der Waals surface area contributed by atoms with Gasteiger partial charge in [0, 0.05) is 14.6 Å². The molecule has 0 bridgehead atoms. The highest BCUT2D eigenvalue weighted by molar-refractivity contribution is 8.18. The van der Waals surface area contributed by atoms with Crippen LogP contribution in [0.4, 0.5) is 5.69 Å². The number of hydrogen-bond acceptors (Lipinski definition) is 6. The standard InChI is InChI=1S/C20H14N2O3S3/c23-18(24)10-12-3-5-13(6-4-12)21-20-22-19(25)17(28-20)11-14-7-8-16(27-14)15-2-1-9-26-15/h1-9,11H,10H2,(H,23,24)(H,21,22,25). The van der Waals surface area contributed by atoms with E-state index in [0.717, 1.165) is 4.88 Å². The number of hydrogen-bond donors (Lipinski definition) is 2. The summed E-state index contributed by atoms with van der Waals surface area (Å²) in [4.78, 5) is 31.4. The molecule has 5 nitrogen and oxygen atoms in total. The first-order valence-corrected chi connectivity index (χ1v) is 10.8. The number of thiophene rings is 2. The van der Waals surface area contributed by atoms with Crippen molar-refractivity contribution < 1.29 is 14.7 Å². The zero-order valence-electron chi connectivity index (χ0n) is 14.4. The molecule has 1 aliphatic rings. The number of benzene rings is 1. The van der Waals surface area contributed by atoms with Crippen LogP contribution in [0.3, 0.4) is 0 Å². The Bertz CT molecular complexity index is 1080. The zero-order chi connectivity index (χ0) is 19.5. The van der Waals surface area contributed by atoms with E-state index in [1.165, 1.54) is 21.5 Å². The first kappa shape index (κ1) is 18.7. The van der Waals surface area contributed by atoms with E-state index in [2.05, 4.69) is 22.4 Å². The van der Waals surface area contributed by atoms with Gasteiger partial charge in [0.05, 0.1) is 17.0 Å². The minimum atomic E-state index is -0.872. The Balaban J connectivity index is 1.48. The SMILES string of the molecule is O=C(O)Cc1ccc(N=C2NC(=O)C(=Cc3ccc(-c4cccs4)s3)S2)cc1. The van der Waals surface area contributed by atoms with Crippen LogP contribution in [-0.2, 0) is 16.0 Å². The summed E-state index contributed by atoms with van der Waals surface area (Å²) in [5.74, 6) is -1.04. The van der Waals surface area contributed by atoms with Gasteiger partial charge < -0.3 is 10.4 Å². The van der Waals surface area contributed by atoms with Crippen LogP contribution in [0.2, 0.25) is 0 Å². The van der Waals surface area contributed by atoms with Crippen molar-refractivity contribution in [2.45, 2.75) is 6.42 Å². The number of carboxylic acids is 1. The Kier molecular flexibility index (Phi) is 5.43. The molecule has 0 atom stereocenters. The lowest BCUT2D eigenvalue weighted by atomic mass is 10.1. The molecule has 3 aromatic rings. The van der Waals surface area contributed by atoms with E-state index < -0.39 is 5.97 Å². The lowest BCUT2D eigenvalue weighted by Gasteiger charge is -1.99. The molecule has 4 rings (SSSR count). The number of carbonyl (C=O) groups excluding carboxylic acids is 1. The molecule has 1 aromatic carbocycles. The Morgan fingerprint density at radius 1 is 1.11 bits per heavy atom. The monoisotopic (exact) mass is 426 g/mol. The zero-order valence-corrected chi connectivity index (χ0v) is 16.9. The second-order valence-corrected chi connectivity index (χ2v) is 8.99. The van der Waals surface area contributed by atoms with E-state index in [4.69, 9.17) is 5.11 Å². The van der Waals surface area contributed by atoms with Gasteiger partial charge in [-0.1, -0.05) is 18.2 Å². The van der Waals surface area contributed by atoms with Crippen molar-refractivity contribution in [2.24, 2.45) is 4.99 Å². The number of rotatable bonds is 5. The van der Waals surface area contributed by atoms with Crippen molar-refractivity contribution in [2.75, 3.05) is 0 Å². The number of carbonyl (C=O) groups is 2. The van der Waals surface area contributed by atoms with Gasteiger partial charge in [-0.2, -0.15) is 0 Å². The molecule has 140 valence electrons. The Morgan fingerprint density at radius 3 is 2.64 bits per heavy atom. The highest BCUT2D eigenvalue weighted by atomic mass is 32.2. The molecule has 1 fully saturated rings. The summed E-state index contributed by atoms with van der Waals surface area (Å²) in [5, 5.41) is 14.1. The number of aliphatic imine (C=N–C) groups is 1. The maximum atomic E-state index is 12.3. The number of thioether (sulfide) groups is 1. The Morgan fingerprint density at radius 2 is 1.93 bits per heavy atom. The summed E-state index contributed by atoms with van der Waals surface area (Å²) in [6.07, 6.45) is 1.85. The quantitative estimate of drug-likeness (QED) is 0.563. The van der Waals surface area contributed by atoms with Gasteiger partial charge in [-0.15, -0.1) is 22.7 Å². The van der Waals surface area contributed by atoms with Gasteiger partial charge in [-0.05, 0) is 59.1 Å². The third-order valence-corrected chi connectivity index (χ3v) is 6.85. The van der Waals surface area contributed by atoms with Gasteiger partial charge in [-0.3, -0.25) is 9.59 Å².